The van der Waals surface area contributed by atoms with E-state index in [1.54, 1.807) is 0 Å². The Morgan fingerprint density at radius 1 is 1.65 bits per heavy atom. The van der Waals surface area contributed by atoms with Gasteiger partial charge in [0, 0.05) is 24.8 Å². The van der Waals surface area contributed by atoms with Gasteiger partial charge in [0.1, 0.15) is 0 Å². The highest BCUT2D eigenvalue weighted by Gasteiger charge is 2.29. The van der Waals surface area contributed by atoms with E-state index in [1.807, 2.05) is 13.8 Å². The van der Waals surface area contributed by atoms with Crippen molar-refractivity contribution in [3.63, 3.8) is 0 Å². The Balaban J connectivity index is 1.95. The number of hydrogen-bond acceptors (Lipinski definition) is 3. The van der Waals surface area contributed by atoms with Crippen LogP contribution in [0.25, 0.3) is 0 Å². The Hall–Kier alpha value is -1.14. The minimum Gasteiger partial charge on any atom is -0.374 e. The van der Waals surface area contributed by atoms with Crippen LogP contribution in [0.2, 0.25) is 0 Å². The lowest BCUT2D eigenvalue weighted by molar-refractivity contribution is 0.0920. The number of hydrogen-bond donors (Lipinski definition) is 2. The smallest absolute Gasteiger partial charge is 0.272 e. The molecule has 0 saturated carbocycles. The Bertz CT molecular complexity index is 513. The number of halogens is 1. The second kappa shape index (κ2) is 6.54. The lowest BCUT2D eigenvalue weighted by atomic mass is 9.97. The molecule has 1 aliphatic heterocycles. The molecular formula is C14H20BrN3O2. The lowest BCUT2D eigenvalue weighted by Crippen LogP contribution is -2.33. The second-order valence-electron chi connectivity index (χ2n) is 5.11. The van der Waals surface area contributed by atoms with Crippen molar-refractivity contribution in [1.29, 1.82) is 0 Å². The monoisotopic (exact) mass is 341 g/mol. The predicted octanol–water partition coefficient (Wildman–Crippen LogP) is 2.45. The molecule has 6 heteroatoms. The molecule has 5 nitrogen and oxygen atoms in total. The quantitative estimate of drug-likeness (QED) is 0.808. The predicted molar refractivity (Wildman–Crippen MR) is 80.7 cm³/mol. The summed E-state index contributed by atoms with van der Waals surface area (Å²) in [6, 6.07) is 0. The number of carbonyl (C=O) groups is 1. The summed E-state index contributed by atoms with van der Waals surface area (Å²) in [4.78, 5) is 12.1. The molecule has 1 amide bonds. The van der Waals surface area contributed by atoms with E-state index in [0.29, 0.717) is 18.2 Å². The standard InChI is InChI=1S/C14H20BrN3O2/c1-4-10-11(15)12(18-17-10)14(19)16-7-9-5-6-20-13(9)8(2)3/h9,13H,2,4-7H2,1,3H3,(H,16,19)(H,17,18). The molecule has 0 spiro atoms. The minimum atomic E-state index is -0.166. The zero-order chi connectivity index (χ0) is 14.7. The first-order valence-corrected chi connectivity index (χ1v) is 7.61. The normalized spacial score (nSPS) is 21.9. The summed E-state index contributed by atoms with van der Waals surface area (Å²) in [6.07, 6.45) is 1.79. The summed E-state index contributed by atoms with van der Waals surface area (Å²) in [6.45, 7) is 9.21. The maximum absolute atomic E-state index is 12.1. The zero-order valence-electron chi connectivity index (χ0n) is 11.8. The highest BCUT2D eigenvalue weighted by molar-refractivity contribution is 9.10. The van der Waals surface area contributed by atoms with Gasteiger partial charge in [0.15, 0.2) is 5.69 Å². The van der Waals surface area contributed by atoms with E-state index in [9.17, 15) is 4.79 Å². The van der Waals surface area contributed by atoms with Crippen molar-refractivity contribution in [3.8, 4) is 0 Å². The summed E-state index contributed by atoms with van der Waals surface area (Å²) in [5, 5.41) is 9.85. The van der Waals surface area contributed by atoms with Crippen LogP contribution < -0.4 is 5.32 Å². The molecule has 0 bridgehead atoms. The SMILES string of the molecule is C=C(C)C1OCCC1CNC(=O)c1n[nH]c(CC)c1Br. The fourth-order valence-corrected chi connectivity index (χ4v) is 3.08. The van der Waals surface area contributed by atoms with Crippen molar-refractivity contribution in [2.24, 2.45) is 5.92 Å². The van der Waals surface area contributed by atoms with Gasteiger partial charge in [0.2, 0.25) is 0 Å². The summed E-state index contributed by atoms with van der Waals surface area (Å²) < 4.78 is 6.38. The van der Waals surface area contributed by atoms with Gasteiger partial charge in [-0.15, -0.1) is 0 Å². The third-order valence-electron chi connectivity index (χ3n) is 3.57. The third-order valence-corrected chi connectivity index (χ3v) is 4.42. The largest absolute Gasteiger partial charge is 0.374 e. The van der Waals surface area contributed by atoms with E-state index in [4.69, 9.17) is 4.74 Å². The zero-order valence-corrected chi connectivity index (χ0v) is 13.4. The number of aryl methyl sites for hydroxylation is 1. The minimum absolute atomic E-state index is 0.0455. The van der Waals surface area contributed by atoms with Crippen LogP contribution in [0.4, 0.5) is 0 Å². The molecule has 1 saturated heterocycles. The summed E-state index contributed by atoms with van der Waals surface area (Å²) in [5.41, 5.74) is 2.35. The molecule has 1 aromatic rings. The molecule has 0 radical (unpaired) electrons. The van der Waals surface area contributed by atoms with Crippen LogP contribution in [0.15, 0.2) is 16.6 Å². The first kappa shape index (κ1) is 15.3. The van der Waals surface area contributed by atoms with Crippen molar-refractivity contribution in [1.82, 2.24) is 15.5 Å². The molecular weight excluding hydrogens is 322 g/mol. The Morgan fingerprint density at radius 2 is 2.40 bits per heavy atom. The molecule has 1 aliphatic rings. The second-order valence-corrected chi connectivity index (χ2v) is 5.91. The molecule has 2 atom stereocenters. The molecule has 0 aromatic carbocycles. The van der Waals surface area contributed by atoms with Crippen molar-refractivity contribution < 1.29 is 9.53 Å². The van der Waals surface area contributed by atoms with Gasteiger partial charge in [-0.05, 0) is 35.7 Å². The fraction of sp³-hybridized carbons (Fsp3) is 0.571. The van der Waals surface area contributed by atoms with Crippen molar-refractivity contribution in [3.05, 3.63) is 28.0 Å². The van der Waals surface area contributed by atoms with Gasteiger partial charge in [0.05, 0.1) is 10.6 Å². The summed E-state index contributed by atoms with van der Waals surface area (Å²) in [7, 11) is 0. The number of amides is 1. The van der Waals surface area contributed by atoms with Crippen LogP contribution in [0.1, 0.15) is 36.5 Å². The van der Waals surface area contributed by atoms with Crippen LogP contribution in [-0.2, 0) is 11.2 Å². The van der Waals surface area contributed by atoms with Gasteiger partial charge < -0.3 is 10.1 Å². The molecule has 1 fully saturated rings. The summed E-state index contributed by atoms with van der Waals surface area (Å²) >= 11 is 3.41. The number of rotatable bonds is 5. The number of ether oxygens (including phenoxy) is 1. The van der Waals surface area contributed by atoms with Crippen LogP contribution in [0, 0.1) is 5.92 Å². The Morgan fingerprint density at radius 3 is 3.00 bits per heavy atom. The van der Waals surface area contributed by atoms with Crippen LogP contribution in [-0.4, -0.2) is 35.4 Å². The van der Waals surface area contributed by atoms with E-state index >= 15 is 0 Å². The lowest BCUT2D eigenvalue weighted by Gasteiger charge is -2.18. The van der Waals surface area contributed by atoms with E-state index < -0.39 is 0 Å². The number of nitrogens with one attached hydrogen (secondary N) is 2. The molecule has 2 heterocycles. The van der Waals surface area contributed by atoms with E-state index in [2.05, 4.69) is 38.0 Å². The van der Waals surface area contributed by atoms with E-state index in [-0.39, 0.29) is 12.0 Å². The van der Waals surface area contributed by atoms with Crippen molar-refractivity contribution >= 4 is 21.8 Å². The van der Waals surface area contributed by atoms with E-state index in [0.717, 1.165) is 35.2 Å². The van der Waals surface area contributed by atoms with Gasteiger partial charge in [0.25, 0.3) is 5.91 Å². The number of nitrogens with zero attached hydrogens (tertiary/aromatic N) is 1. The maximum Gasteiger partial charge on any atom is 0.272 e. The maximum atomic E-state index is 12.1. The van der Waals surface area contributed by atoms with Crippen LogP contribution in [0.3, 0.4) is 0 Å². The molecule has 0 aliphatic carbocycles. The van der Waals surface area contributed by atoms with Crippen molar-refractivity contribution in [2.75, 3.05) is 13.2 Å². The fourth-order valence-electron chi connectivity index (χ4n) is 2.44. The third kappa shape index (κ3) is 3.12. The summed E-state index contributed by atoms with van der Waals surface area (Å²) in [5.74, 6) is 0.125. The topological polar surface area (TPSA) is 67.0 Å². The number of aromatic amines is 1. The first-order valence-electron chi connectivity index (χ1n) is 6.82. The number of H-pyrrole nitrogens is 1. The molecule has 110 valence electrons. The van der Waals surface area contributed by atoms with Gasteiger partial charge in [-0.3, -0.25) is 9.89 Å². The van der Waals surface area contributed by atoms with Gasteiger partial charge in [-0.2, -0.15) is 5.10 Å². The van der Waals surface area contributed by atoms with Gasteiger partial charge in [-0.1, -0.05) is 19.1 Å². The Kier molecular flexibility index (Phi) is 4.99. The molecule has 20 heavy (non-hydrogen) atoms. The molecule has 1 aromatic heterocycles. The average Bonchev–Trinajstić information content (AvgIpc) is 3.02. The number of aromatic nitrogens is 2. The van der Waals surface area contributed by atoms with E-state index in [1.165, 1.54) is 0 Å². The molecule has 2 rings (SSSR count). The number of carbonyl (C=O) groups excluding carboxylic acids is 1. The van der Waals surface area contributed by atoms with Crippen LogP contribution >= 0.6 is 15.9 Å². The van der Waals surface area contributed by atoms with Gasteiger partial charge >= 0.3 is 0 Å². The molecule has 2 N–H and O–H groups in total. The highest BCUT2D eigenvalue weighted by atomic mass is 79.9. The molecule has 2 unspecified atom stereocenters. The first-order chi connectivity index (χ1) is 9.54. The Labute approximate surface area is 127 Å². The van der Waals surface area contributed by atoms with Gasteiger partial charge in [-0.25, -0.2) is 0 Å². The highest BCUT2D eigenvalue weighted by Crippen LogP contribution is 2.25. The van der Waals surface area contributed by atoms with Crippen molar-refractivity contribution in [2.45, 2.75) is 32.8 Å². The average molecular weight is 342 g/mol. The van der Waals surface area contributed by atoms with Crippen LogP contribution in [0.5, 0.6) is 0 Å².